The fraction of sp³-hybridized carbons (Fsp3) is 1.00. The fourth-order valence-corrected chi connectivity index (χ4v) is 1.14. The maximum Gasteiger partial charge on any atom is 1.00 e. The molecule has 0 aromatic carbocycles. The molecule has 0 saturated carbocycles. The van der Waals surface area contributed by atoms with Crippen LogP contribution in [0.2, 0.25) is 0 Å². The molecule has 11 N–H and O–H groups in total. The summed E-state index contributed by atoms with van der Waals surface area (Å²) >= 11 is 0. The second-order valence-corrected chi connectivity index (χ2v) is 4.47. The third-order valence-corrected chi connectivity index (χ3v) is 2.68. The Morgan fingerprint density at radius 2 is 0.583 bits per heavy atom. The molecule has 144 valence electrons. The number of hydrogen-bond acceptors (Lipinski definition) is 11. The van der Waals surface area contributed by atoms with Crippen LogP contribution in [-0.2, 0) is 0 Å². The van der Waals surface area contributed by atoms with E-state index in [0.717, 1.165) is 0 Å². The monoisotopic (exact) mass is 392 g/mol. The van der Waals surface area contributed by atoms with Crippen molar-refractivity contribution in [2.45, 2.75) is 42.7 Å². The van der Waals surface area contributed by atoms with Crippen LogP contribution in [0.1, 0.15) is 0 Å². The van der Waals surface area contributed by atoms with E-state index in [1.165, 1.54) is 0 Å². The minimum absolute atomic E-state index is 0. The van der Waals surface area contributed by atoms with Gasteiger partial charge in [-0.15, -0.1) is 0 Å². The summed E-state index contributed by atoms with van der Waals surface area (Å²) in [6, 6.07) is 0. The van der Waals surface area contributed by atoms with Crippen LogP contribution in [0, 0.1) is 0 Å². The zero-order valence-electron chi connectivity index (χ0n) is 13.2. The molecule has 7 atom stereocenters. The van der Waals surface area contributed by atoms with Gasteiger partial charge in [0.15, 0.2) is 0 Å². The number of halogens is 1. The minimum Gasteiger partial charge on any atom is -1.00 e. The van der Waals surface area contributed by atoms with Crippen molar-refractivity contribution in [1.82, 2.24) is 0 Å². The van der Waals surface area contributed by atoms with Gasteiger partial charge < -0.3 is 68.6 Å². The molecule has 0 amide bonds. The van der Waals surface area contributed by atoms with Gasteiger partial charge in [-0.2, -0.15) is 0 Å². The molecule has 24 heavy (non-hydrogen) atoms. The van der Waals surface area contributed by atoms with Crippen molar-refractivity contribution in [2.75, 3.05) is 26.4 Å². The predicted molar refractivity (Wildman–Crippen MR) is 70.4 cm³/mol. The van der Waals surface area contributed by atoms with E-state index in [0.29, 0.717) is 0 Å². The summed E-state index contributed by atoms with van der Waals surface area (Å²) in [5.41, 5.74) is 0. The molecular formula is C11H26ClNaO11. The Balaban J connectivity index is -0.000000156. The van der Waals surface area contributed by atoms with E-state index in [1.807, 2.05) is 0 Å². The first-order chi connectivity index (χ1) is 10.2. The Labute approximate surface area is 167 Å². The average Bonchev–Trinajstić information content (AvgIpc) is 2.56. The van der Waals surface area contributed by atoms with Gasteiger partial charge in [-0.05, 0) is 0 Å². The molecule has 0 heterocycles. The second-order valence-electron chi connectivity index (χ2n) is 4.47. The van der Waals surface area contributed by atoms with Gasteiger partial charge in [0.25, 0.3) is 0 Å². The SMILES string of the molecule is OC[C@@H](O)C(O)[C@@H](O)CO.OC[C@@H](O)[C@@H](O)[C@H](O)[C@@H](O)CO.[Cl-].[Na+]. The van der Waals surface area contributed by atoms with E-state index in [-0.39, 0.29) is 42.0 Å². The van der Waals surface area contributed by atoms with Crippen LogP contribution in [0.3, 0.4) is 0 Å². The van der Waals surface area contributed by atoms with Crippen LogP contribution < -0.4 is 42.0 Å². The zero-order chi connectivity index (χ0) is 17.9. The first-order valence-corrected chi connectivity index (χ1v) is 6.37. The number of rotatable bonds is 9. The predicted octanol–water partition coefficient (Wildman–Crippen LogP) is -12.5. The topological polar surface area (TPSA) is 223 Å². The van der Waals surface area contributed by atoms with Gasteiger partial charge >= 0.3 is 29.6 Å². The Bertz CT molecular complexity index is 242. The van der Waals surface area contributed by atoms with Crippen molar-refractivity contribution in [3.8, 4) is 0 Å². The minimum atomic E-state index is -1.67. The number of hydrogen-bond donors (Lipinski definition) is 11. The van der Waals surface area contributed by atoms with Crippen molar-refractivity contribution in [1.29, 1.82) is 0 Å². The third kappa shape index (κ3) is 13.1. The van der Waals surface area contributed by atoms with Crippen molar-refractivity contribution in [3.63, 3.8) is 0 Å². The Hall–Kier alpha value is 0.850. The van der Waals surface area contributed by atoms with E-state index in [4.69, 9.17) is 56.2 Å². The first-order valence-electron chi connectivity index (χ1n) is 6.37. The molecular weight excluding hydrogens is 367 g/mol. The molecule has 0 aliphatic rings. The Morgan fingerprint density at radius 1 is 0.417 bits per heavy atom. The van der Waals surface area contributed by atoms with Crippen molar-refractivity contribution >= 4 is 0 Å². The van der Waals surface area contributed by atoms with E-state index in [9.17, 15) is 0 Å². The van der Waals surface area contributed by atoms with Gasteiger partial charge in [-0.1, -0.05) is 0 Å². The Kier molecular flexibility index (Phi) is 25.2. The molecule has 0 aliphatic heterocycles. The molecule has 0 radical (unpaired) electrons. The first kappa shape index (κ1) is 32.5. The van der Waals surface area contributed by atoms with Crippen molar-refractivity contribution in [3.05, 3.63) is 0 Å². The maximum absolute atomic E-state index is 8.96. The number of aliphatic hydroxyl groups excluding tert-OH is 11. The largest absolute Gasteiger partial charge is 1.00 e. The molecule has 0 aromatic rings. The van der Waals surface area contributed by atoms with Gasteiger partial charge in [0.1, 0.15) is 42.7 Å². The molecule has 0 aromatic heterocycles. The third-order valence-electron chi connectivity index (χ3n) is 2.68. The van der Waals surface area contributed by atoms with Crippen LogP contribution >= 0.6 is 0 Å². The molecule has 11 nitrogen and oxygen atoms in total. The average molecular weight is 393 g/mol. The summed E-state index contributed by atoms with van der Waals surface area (Å²) in [4.78, 5) is 0. The molecule has 0 bridgehead atoms. The van der Waals surface area contributed by atoms with Crippen molar-refractivity contribution < 1.29 is 98.1 Å². The van der Waals surface area contributed by atoms with Crippen LogP contribution in [-0.4, -0.2) is 125 Å². The molecule has 0 saturated heterocycles. The molecule has 0 aliphatic carbocycles. The van der Waals surface area contributed by atoms with Gasteiger partial charge in [-0.3, -0.25) is 0 Å². The smallest absolute Gasteiger partial charge is 1.00 e. The molecule has 1 unspecified atom stereocenters. The van der Waals surface area contributed by atoms with Crippen LogP contribution in [0.5, 0.6) is 0 Å². The van der Waals surface area contributed by atoms with Crippen LogP contribution in [0.25, 0.3) is 0 Å². The van der Waals surface area contributed by atoms with Crippen LogP contribution in [0.15, 0.2) is 0 Å². The molecule has 0 fully saturated rings. The molecule has 13 heteroatoms. The van der Waals surface area contributed by atoms with E-state index >= 15 is 0 Å². The fourth-order valence-electron chi connectivity index (χ4n) is 1.14. The van der Waals surface area contributed by atoms with Gasteiger partial charge in [0, 0.05) is 0 Å². The van der Waals surface area contributed by atoms with Gasteiger partial charge in [-0.25, -0.2) is 0 Å². The summed E-state index contributed by atoms with van der Waals surface area (Å²) in [5.74, 6) is 0. The quantitative estimate of drug-likeness (QED) is 0.165. The normalized spacial score (nSPS) is 19.1. The van der Waals surface area contributed by atoms with Gasteiger partial charge in [0.05, 0.1) is 26.4 Å². The Morgan fingerprint density at radius 3 is 0.750 bits per heavy atom. The number of aliphatic hydroxyl groups is 11. The molecule has 0 rings (SSSR count). The molecule has 0 spiro atoms. The maximum atomic E-state index is 8.96. The summed E-state index contributed by atoms with van der Waals surface area (Å²) in [7, 11) is 0. The van der Waals surface area contributed by atoms with Gasteiger partial charge in [0.2, 0.25) is 0 Å². The van der Waals surface area contributed by atoms with E-state index in [2.05, 4.69) is 0 Å². The second kappa shape index (κ2) is 18.6. The zero-order valence-corrected chi connectivity index (χ0v) is 15.9. The van der Waals surface area contributed by atoms with E-state index in [1.54, 1.807) is 0 Å². The summed E-state index contributed by atoms with van der Waals surface area (Å²) in [6.45, 7) is -2.73. The van der Waals surface area contributed by atoms with Crippen molar-refractivity contribution in [2.24, 2.45) is 0 Å². The summed E-state index contributed by atoms with van der Waals surface area (Å²) in [6.07, 6.45) is -10.7. The summed E-state index contributed by atoms with van der Waals surface area (Å²) < 4.78 is 0. The standard InChI is InChI=1S/C6H14O6.C5H12O5.ClH.Na/c7-1-3(9)5(11)6(12)4(10)2-8;6-1-3(8)5(10)4(9)2-7;;/h3-12H,1-2H2;3-10H,1-2H2;1H;/q;;;+1/p-1/t3-,4+,5-,6-;3-,4+,5?;;/m1.../s1. The van der Waals surface area contributed by atoms with Crippen LogP contribution in [0.4, 0.5) is 0 Å². The van der Waals surface area contributed by atoms with E-state index < -0.39 is 69.2 Å². The summed E-state index contributed by atoms with van der Waals surface area (Å²) in [5, 5.41) is 94.8.